The molecule has 0 aliphatic carbocycles. The van der Waals surface area contributed by atoms with E-state index in [9.17, 15) is 33.6 Å². The minimum absolute atomic E-state index is 0.0341. The van der Waals surface area contributed by atoms with Gasteiger partial charge in [0.25, 0.3) is 5.91 Å². The van der Waals surface area contributed by atoms with Gasteiger partial charge in [-0.3, -0.25) is 24.0 Å². The topological polar surface area (TPSA) is 190 Å². The van der Waals surface area contributed by atoms with E-state index in [0.717, 1.165) is 10.5 Å². The van der Waals surface area contributed by atoms with E-state index in [1.54, 1.807) is 44.2 Å². The highest BCUT2D eigenvalue weighted by Crippen LogP contribution is 2.26. The SMILES string of the molecule is C/C=C(\C)[C@H]1OC(=O)[C@@H](C)NC(=O)[C@H]([C@H](C)CC)NC(=O)CN(C)C(=O)[C@@H](Cc2ccc(Cl)cc2)N(C)C(=O)[C@H](C)NC(=O)[C@@H](CC(C)C)OC(=O)/C(C)=C/C[C@H](OCSC)[C@@H]1C. The fourth-order valence-electron chi connectivity index (χ4n) is 6.92. The van der Waals surface area contributed by atoms with Crippen molar-refractivity contribution in [2.24, 2.45) is 17.8 Å². The number of nitrogens with zero attached hydrogens (tertiary/aromatic N) is 2. The van der Waals surface area contributed by atoms with E-state index >= 15 is 0 Å². The number of halogens is 1. The summed E-state index contributed by atoms with van der Waals surface area (Å²) in [4.78, 5) is 99.1. The molecule has 0 saturated heterocycles. The van der Waals surface area contributed by atoms with Crippen LogP contribution in [0.4, 0.5) is 0 Å². The zero-order chi connectivity index (χ0) is 47.7. The first-order valence-electron chi connectivity index (χ1n) is 21.5. The molecule has 1 heterocycles. The lowest BCUT2D eigenvalue weighted by atomic mass is 9.90. The molecule has 9 atom stereocenters. The third kappa shape index (κ3) is 16.9. The van der Waals surface area contributed by atoms with Gasteiger partial charge in [-0.05, 0) is 88.8 Å². The van der Waals surface area contributed by atoms with E-state index in [2.05, 4.69) is 16.0 Å². The van der Waals surface area contributed by atoms with Crippen LogP contribution in [0.2, 0.25) is 5.02 Å². The van der Waals surface area contributed by atoms with Crippen molar-refractivity contribution >= 4 is 64.8 Å². The molecule has 0 saturated carbocycles. The zero-order valence-electron chi connectivity index (χ0n) is 39.2. The molecule has 1 aliphatic rings. The van der Waals surface area contributed by atoms with Gasteiger partial charge in [0.2, 0.25) is 23.6 Å². The lowest BCUT2D eigenvalue weighted by Gasteiger charge is -2.33. The van der Waals surface area contributed by atoms with E-state index in [4.69, 9.17) is 25.8 Å². The second-order valence-electron chi connectivity index (χ2n) is 16.9. The first kappa shape index (κ1) is 54.7. The number of nitrogens with one attached hydrogen (secondary N) is 3. The predicted octanol–water partition coefficient (Wildman–Crippen LogP) is 5.24. The molecule has 63 heavy (non-hydrogen) atoms. The van der Waals surface area contributed by atoms with E-state index in [-0.39, 0.29) is 36.7 Å². The number of rotatable bonds is 10. The fourth-order valence-corrected chi connectivity index (χ4v) is 7.35. The molecule has 1 aliphatic heterocycles. The number of carbonyl (C=O) groups is 7. The summed E-state index contributed by atoms with van der Waals surface area (Å²) in [5.41, 5.74) is 1.62. The highest BCUT2D eigenvalue weighted by atomic mass is 35.5. The van der Waals surface area contributed by atoms with Gasteiger partial charge in [0.15, 0.2) is 6.10 Å². The Labute approximate surface area is 383 Å². The third-order valence-electron chi connectivity index (χ3n) is 11.3. The molecule has 352 valence electrons. The van der Waals surface area contributed by atoms with Gasteiger partial charge in [0.05, 0.1) is 18.6 Å². The standard InChI is InChI=1S/C46H70ClN5O10S/c1-14-27(5)39-42(55)49-32(10)46(59)62-40(28(6)15-2)30(8)36(60-25-63-13)21-16-29(7)45(58)61-37(22-26(3)4)41(54)48-31(9)43(56)52(12)35(23-33-17-19-34(47)20-18-33)44(57)51(11)24-38(53)50-39/h15-20,26-27,30-32,35-37,39-40H,14,21-25H2,1-13H3,(H,48,54)(H,49,55)(H,50,53)/b28-15+,29-16+/t27-,30+,31+,32-,35-,36+,37-,39+,40-/m1/s1. The summed E-state index contributed by atoms with van der Waals surface area (Å²) >= 11 is 7.59. The minimum Gasteiger partial charge on any atom is -0.456 e. The molecule has 3 N–H and O–H groups in total. The van der Waals surface area contributed by atoms with Gasteiger partial charge in [-0.2, -0.15) is 0 Å². The summed E-state index contributed by atoms with van der Waals surface area (Å²) in [5, 5.41) is 8.62. The Bertz CT molecular complexity index is 1810. The van der Waals surface area contributed by atoms with Crippen LogP contribution in [0.25, 0.3) is 0 Å². The molecule has 0 fully saturated rings. The Kier molecular flexibility index (Phi) is 22.9. The molecule has 0 unspecified atom stereocenters. The van der Waals surface area contributed by atoms with Gasteiger partial charge < -0.3 is 40.0 Å². The van der Waals surface area contributed by atoms with Gasteiger partial charge in [-0.25, -0.2) is 9.59 Å². The van der Waals surface area contributed by atoms with Gasteiger partial charge >= 0.3 is 11.9 Å². The van der Waals surface area contributed by atoms with Crippen LogP contribution < -0.4 is 16.0 Å². The van der Waals surface area contributed by atoms with E-state index < -0.39 is 96.4 Å². The number of allylic oxidation sites excluding steroid dienone is 1. The molecular formula is C46H70ClN5O10S. The van der Waals surface area contributed by atoms with Crippen molar-refractivity contribution in [1.29, 1.82) is 0 Å². The maximum Gasteiger partial charge on any atom is 0.334 e. The van der Waals surface area contributed by atoms with Crippen molar-refractivity contribution in [2.45, 2.75) is 137 Å². The van der Waals surface area contributed by atoms with Gasteiger partial charge in [0.1, 0.15) is 30.3 Å². The number of esters is 2. The van der Waals surface area contributed by atoms with Gasteiger partial charge in [-0.1, -0.05) is 76.9 Å². The lowest BCUT2D eigenvalue weighted by Crippen LogP contribution is -2.57. The van der Waals surface area contributed by atoms with E-state index in [1.165, 1.54) is 44.6 Å². The average molecular weight is 921 g/mol. The van der Waals surface area contributed by atoms with Gasteiger partial charge in [-0.15, -0.1) is 11.8 Å². The highest BCUT2D eigenvalue weighted by molar-refractivity contribution is 7.98. The number of likely N-dealkylation sites (N-methyl/N-ethyl adjacent to an activating group) is 2. The predicted molar refractivity (Wildman–Crippen MR) is 245 cm³/mol. The molecule has 0 radical (unpaired) electrons. The first-order valence-corrected chi connectivity index (χ1v) is 23.3. The van der Waals surface area contributed by atoms with Crippen LogP contribution in [-0.4, -0.2) is 127 Å². The largest absolute Gasteiger partial charge is 0.456 e. The second kappa shape index (κ2) is 26.4. The Morgan fingerprint density at radius 1 is 0.937 bits per heavy atom. The summed E-state index contributed by atoms with van der Waals surface area (Å²) < 4.78 is 18.1. The number of ether oxygens (including phenoxy) is 3. The monoisotopic (exact) mass is 919 g/mol. The minimum atomic E-state index is -1.25. The molecule has 0 spiro atoms. The van der Waals surface area contributed by atoms with Crippen molar-refractivity contribution in [3.05, 3.63) is 58.1 Å². The zero-order valence-corrected chi connectivity index (χ0v) is 40.8. The Morgan fingerprint density at radius 3 is 2.13 bits per heavy atom. The summed E-state index contributed by atoms with van der Waals surface area (Å²) in [6, 6.07) is 2.25. The summed E-state index contributed by atoms with van der Waals surface area (Å²) in [7, 11) is 2.84. The fraction of sp³-hybridized carbons (Fsp3) is 0.630. The summed E-state index contributed by atoms with van der Waals surface area (Å²) in [6.07, 6.45) is 3.70. The second-order valence-corrected chi connectivity index (χ2v) is 18.1. The maximum atomic E-state index is 14.2. The third-order valence-corrected chi connectivity index (χ3v) is 11.9. The van der Waals surface area contributed by atoms with Gasteiger partial charge in [0, 0.05) is 37.0 Å². The highest BCUT2D eigenvalue weighted by Gasteiger charge is 2.37. The Morgan fingerprint density at radius 2 is 1.56 bits per heavy atom. The molecule has 1 aromatic rings. The molecular weight excluding hydrogens is 850 g/mol. The van der Waals surface area contributed by atoms with Crippen LogP contribution in [0.3, 0.4) is 0 Å². The number of benzene rings is 1. The summed E-state index contributed by atoms with van der Waals surface area (Å²) in [5.74, 6) is -5.17. The van der Waals surface area contributed by atoms with Crippen molar-refractivity contribution in [2.75, 3.05) is 32.8 Å². The molecule has 2 rings (SSSR count). The maximum absolute atomic E-state index is 14.2. The number of amides is 5. The van der Waals surface area contributed by atoms with Crippen LogP contribution in [0.5, 0.6) is 0 Å². The van der Waals surface area contributed by atoms with Crippen LogP contribution in [0.15, 0.2) is 47.6 Å². The van der Waals surface area contributed by atoms with E-state index in [1.807, 2.05) is 53.9 Å². The smallest absolute Gasteiger partial charge is 0.334 e. The number of thioether (sulfide) groups is 1. The van der Waals surface area contributed by atoms with Crippen LogP contribution >= 0.6 is 23.4 Å². The molecule has 0 aromatic heterocycles. The van der Waals surface area contributed by atoms with E-state index in [0.29, 0.717) is 22.9 Å². The van der Waals surface area contributed by atoms with Crippen LogP contribution in [-0.2, 0) is 54.2 Å². The normalized spacial score (nSPS) is 27.8. The quantitative estimate of drug-likeness (QED) is 0.158. The van der Waals surface area contributed by atoms with Crippen molar-refractivity contribution in [3.63, 3.8) is 0 Å². The molecule has 5 amide bonds. The number of hydrogen-bond donors (Lipinski definition) is 3. The van der Waals surface area contributed by atoms with Crippen LogP contribution in [0.1, 0.15) is 94.1 Å². The Hall–Kier alpha value is -4.41. The number of hydrogen-bond acceptors (Lipinski definition) is 11. The number of cyclic esters (lactones) is 2. The van der Waals surface area contributed by atoms with Crippen LogP contribution in [0, 0.1) is 17.8 Å². The molecule has 0 bridgehead atoms. The Balaban J connectivity index is 2.69. The van der Waals surface area contributed by atoms with Crippen molar-refractivity contribution in [1.82, 2.24) is 25.8 Å². The first-order chi connectivity index (χ1) is 29.6. The molecule has 15 nitrogen and oxygen atoms in total. The van der Waals surface area contributed by atoms with Crippen molar-refractivity contribution < 1.29 is 47.8 Å². The molecule has 17 heteroatoms. The lowest BCUT2D eigenvalue weighted by molar-refractivity contribution is -0.155. The summed E-state index contributed by atoms with van der Waals surface area (Å²) in [6.45, 7) is 17.0. The number of carbonyl (C=O) groups excluding carboxylic acids is 7. The van der Waals surface area contributed by atoms with Crippen molar-refractivity contribution in [3.8, 4) is 0 Å². The molecule has 1 aromatic carbocycles. The average Bonchev–Trinajstić information content (AvgIpc) is 3.24.